The third kappa shape index (κ3) is 3.03. The van der Waals surface area contributed by atoms with Crippen molar-refractivity contribution in [2.45, 2.75) is 56.6 Å². The van der Waals surface area contributed by atoms with Crippen LogP contribution in [0.2, 0.25) is 0 Å². The summed E-state index contributed by atoms with van der Waals surface area (Å²) in [6, 6.07) is 0.183. The maximum Gasteiger partial charge on any atom is 0.263 e. The van der Waals surface area contributed by atoms with Gasteiger partial charge in [-0.3, -0.25) is 9.48 Å². The smallest absolute Gasteiger partial charge is 0.263 e. The van der Waals surface area contributed by atoms with Gasteiger partial charge in [0.2, 0.25) is 5.03 Å². The van der Waals surface area contributed by atoms with Gasteiger partial charge in [-0.2, -0.15) is 9.40 Å². The Balaban J connectivity index is 1.93. The van der Waals surface area contributed by atoms with Gasteiger partial charge in [0.05, 0.1) is 5.56 Å². The summed E-state index contributed by atoms with van der Waals surface area (Å²) >= 11 is 0. The van der Waals surface area contributed by atoms with Crippen molar-refractivity contribution in [3.8, 4) is 0 Å². The van der Waals surface area contributed by atoms with Crippen LogP contribution < -0.4 is 5.32 Å². The van der Waals surface area contributed by atoms with E-state index in [4.69, 9.17) is 0 Å². The lowest BCUT2D eigenvalue weighted by atomic mass is 10.2. The number of aromatic nitrogens is 2. The molecule has 0 unspecified atom stereocenters. The Kier molecular flexibility index (Phi) is 4.22. The van der Waals surface area contributed by atoms with Crippen molar-refractivity contribution in [3.05, 3.63) is 11.8 Å². The van der Waals surface area contributed by atoms with Crippen molar-refractivity contribution in [2.24, 2.45) is 0 Å². The monoisotopic (exact) mass is 326 g/mol. The summed E-state index contributed by atoms with van der Waals surface area (Å²) in [4.78, 5) is 12.3. The molecule has 2 aliphatic rings. The minimum absolute atomic E-state index is 0.102. The fourth-order valence-electron chi connectivity index (χ4n) is 2.63. The fourth-order valence-corrected chi connectivity index (χ4v) is 4.25. The van der Waals surface area contributed by atoms with E-state index >= 15 is 0 Å². The third-order valence-corrected chi connectivity index (χ3v) is 5.94. The first-order valence-electron chi connectivity index (χ1n) is 7.91. The van der Waals surface area contributed by atoms with Crippen LogP contribution in [0.3, 0.4) is 0 Å². The minimum Gasteiger partial charge on any atom is -0.349 e. The molecule has 0 radical (unpaired) electrons. The molecule has 22 heavy (non-hydrogen) atoms. The minimum atomic E-state index is -3.70. The van der Waals surface area contributed by atoms with Gasteiger partial charge in [-0.15, -0.1) is 0 Å². The fraction of sp³-hybridized carbons (Fsp3) is 0.714. The molecule has 3 rings (SSSR count). The maximum absolute atomic E-state index is 12.8. The lowest BCUT2D eigenvalue weighted by Gasteiger charge is -2.25. The molecule has 0 atom stereocenters. The molecule has 1 N–H and O–H groups in total. The Bertz CT molecular complexity index is 658. The molecule has 1 aliphatic carbocycles. The Morgan fingerprint density at radius 3 is 2.59 bits per heavy atom. The Labute approximate surface area is 130 Å². The molecule has 0 spiro atoms. The number of piperidine rings is 1. The zero-order valence-corrected chi connectivity index (χ0v) is 13.6. The molecule has 1 aromatic heterocycles. The molecule has 0 aromatic carbocycles. The second-order valence-corrected chi connectivity index (χ2v) is 7.77. The number of aryl methyl sites for hydroxylation is 1. The van der Waals surface area contributed by atoms with Crippen LogP contribution in [-0.4, -0.2) is 47.5 Å². The lowest BCUT2D eigenvalue weighted by molar-refractivity contribution is 0.0947. The van der Waals surface area contributed by atoms with E-state index in [2.05, 4.69) is 10.4 Å². The predicted molar refractivity (Wildman–Crippen MR) is 81.0 cm³/mol. The molecular formula is C14H22N4O3S. The van der Waals surface area contributed by atoms with Crippen LogP contribution in [-0.2, 0) is 16.6 Å². The van der Waals surface area contributed by atoms with Crippen LogP contribution in [0.25, 0.3) is 0 Å². The molecule has 1 saturated carbocycles. The van der Waals surface area contributed by atoms with Gasteiger partial charge in [-0.25, -0.2) is 8.42 Å². The van der Waals surface area contributed by atoms with Crippen molar-refractivity contribution in [1.82, 2.24) is 19.4 Å². The quantitative estimate of drug-likeness (QED) is 0.874. The van der Waals surface area contributed by atoms with Crippen molar-refractivity contribution in [1.29, 1.82) is 0 Å². The largest absolute Gasteiger partial charge is 0.349 e. The van der Waals surface area contributed by atoms with Gasteiger partial charge < -0.3 is 5.32 Å². The number of nitrogens with one attached hydrogen (secondary N) is 1. The average molecular weight is 326 g/mol. The van der Waals surface area contributed by atoms with Crippen LogP contribution in [0.15, 0.2) is 11.2 Å². The highest BCUT2D eigenvalue weighted by molar-refractivity contribution is 7.89. The van der Waals surface area contributed by atoms with E-state index in [0.717, 1.165) is 32.1 Å². The summed E-state index contributed by atoms with van der Waals surface area (Å²) < 4.78 is 28.6. The van der Waals surface area contributed by atoms with Crippen LogP contribution in [0, 0.1) is 0 Å². The zero-order valence-electron chi connectivity index (χ0n) is 12.8. The van der Waals surface area contributed by atoms with E-state index in [0.29, 0.717) is 19.6 Å². The van der Waals surface area contributed by atoms with Crippen LogP contribution in [0.4, 0.5) is 0 Å². The van der Waals surface area contributed by atoms with Gasteiger partial charge in [0, 0.05) is 31.9 Å². The SMILES string of the molecule is CCn1cc(C(=O)NC2CC2)c(S(=O)(=O)N2CCCCC2)n1. The number of hydrogen-bond donors (Lipinski definition) is 1. The Morgan fingerprint density at radius 1 is 1.32 bits per heavy atom. The molecule has 1 saturated heterocycles. The average Bonchev–Trinajstić information content (AvgIpc) is 3.22. The highest BCUT2D eigenvalue weighted by atomic mass is 32.2. The van der Waals surface area contributed by atoms with E-state index in [1.807, 2.05) is 6.92 Å². The first-order chi connectivity index (χ1) is 10.5. The summed E-state index contributed by atoms with van der Waals surface area (Å²) in [5.74, 6) is -0.335. The van der Waals surface area contributed by atoms with Gasteiger partial charge in [-0.1, -0.05) is 6.42 Å². The first-order valence-corrected chi connectivity index (χ1v) is 9.35. The van der Waals surface area contributed by atoms with E-state index in [1.54, 1.807) is 0 Å². The van der Waals surface area contributed by atoms with E-state index < -0.39 is 10.0 Å². The molecule has 1 amide bonds. The van der Waals surface area contributed by atoms with E-state index in [1.165, 1.54) is 15.2 Å². The van der Waals surface area contributed by atoms with Crippen LogP contribution in [0.5, 0.6) is 0 Å². The van der Waals surface area contributed by atoms with Crippen LogP contribution >= 0.6 is 0 Å². The standard InChI is InChI=1S/C14H22N4O3S/c1-2-17-10-12(13(19)15-11-6-7-11)14(16-17)22(20,21)18-8-4-3-5-9-18/h10-11H,2-9H2,1H3,(H,15,19). The Morgan fingerprint density at radius 2 is 2.00 bits per heavy atom. The van der Waals surface area contributed by atoms with Crippen molar-refractivity contribution < 1.29 is 13.2 Å². The van der Waals surface area contributed by atoms with Crippen molar-refractivity contribution in [2.75, 3.05) is 13.1 Å². The number of carbonyl (C=O) groups excluding carboxylic acids is 1. The molecular weight excluding hydrogens is 304 g/mol. The number of amides is 1. The molecule has 7 nitrogen and oxygen atoms in total. The summed E-state index contributed by atoms with van der Waals surface area (Å²) in [6.07, 6.45) is 6.22. The second kappa shape index (κ2) is 6.00. The predicted octanol–water partition coefficient (Wildman–Crippen LogP) is 0.970. The van der Waals surface area contributed by atoms with Crippen molar-refractivity contribution >= 4 is 15.9 Å². The second-order valence-electron chi connectivity index (χ2n) is 5.92. The highest BCUT2D eigenvalue weighted by Gasteiger charge is 2.34. The first kappa shape index (κ1) is 15.5. The van der Waals surface area contributed by atoms with Gasteiger partial charge in [0.1, 0.15) is 0 Å². The highest BCUT2D eigenvalue weighted by Crippen LogP contribution is 2.24. The molecule has 1 aromatic rings. The van der Waals surface area contributed by atoms with Crippen LogP contribution in [0.1, 0.15) is 49.4 Å². The molecule has 0 bridgehead atoms. The number of carbonyl (C=O) groups is 1. The molecule has 2 fully saturated rings. The van der Waals surface area contributed by atoms with Gasteiger partial charge >= 0.3 is 0 Å². The molecule has 1 aliphatic heterocycles. The Hall–Kier alpha value is -1.41. The third-order valence-electron chi connectivity index (χ3n) is 4.11. The van der Waals surface area contributed by atoms with Gasteiger partial charge in [-0.05, 0) is 32.6 Å². The summed E-state index contributed by atoms with van der Waals surface area (Å²) in [6.45, 7) is 3.40. The number of hydrogen-bond acceptors (Lipinski definition) is 4. The van der Waals surface area contributed by atoms with Gasteiger partial charge in [0.25, 0.3) is 15.9 Å². The van der Waals surface area contributed by atoms with Crippen molar-refractivity contribution in [3.63, 3.8) is 0 Å². The normalized spacial score (nSPS) is 20.0. The summed E-state index contributed by atoms with van der Waals surface area (Å²) in [5.41, 5.74) is 0.166. The number of rotatable bonds is 5. The van der Waals surface area contributed by atoms with E-state index in [9.17, 15) is 13.2 Å². The number of sulfonamides is 1. The topological polar surface area (TPSA) is 84.3 Å². The zero-order chi connectivity index (χ0) is 15.7. The van der Waals surface area contributed by atoms with E-state index in [-0.39, 0.29) is 22.5 Å². The summed E-state index contributed by atoms with van der Waals surface area (Å²) in [7, 11) is -3.70. The van der Waals surface area contributed by atoms with Gasteiger partial charge in [0.15, 0.2) is 0 Å². The molecule has 8 heteroatoms. The molecule has 122 valence electrons. The maximum atomic E-state index is 12.8. The number of nitrogens with zero attached hydrogens (tertiary/aromatic N) is 3. The molecule has 2 heterocycles. The summed E-state index contributed by atoms with van der Waals surface area (Å²) in [5, 5.41) is 6.90. The lowest BCUT2D eigenvalue weighted by Crippen LogP contribution is -2.37.